The number of likely N-dealkylation sites (N-methyl/N-ethyl adjacent to an activating group) is 1. The maximum absolute atomic E-state index is 6.26. The average molecular weight is 375 g/mol. The summed E-state index contributed by atoms with van der Waals surface area (Å²) < 4.78 is 11.3. The lowest BCUT2D eigenvalue weighted by atomic mass is 9.99. The van der Waals surface area contributed by atoms with Gasteiger partial charge in [-0.25, -0.2) is 0 Å². The third-order valence-electron chi connectivity index (χ3n) is 6.35. The molecule has 0 aliphatic carbocycles. The SMILES string of the molecule is CCc1cc(N)c(OC2COC2)cc1N1CCC(N2CCN(C)CC2)CC1. The molecule has 6 nitrogen and oxygen atoms in total. The molecule has 0 aromatic heterocycles. The van der Waals surface area contributed by atoms with Crippen LogP contribution in [0, 0.1) is 0 Å². The maximum Gasteiger partial charge on any atom is 0.145 e. The number of piperazine rings is 1. The largest absolute Gasteiger partial charge is 0.483 e. The van der Waals surface area contributed by atoms with Crippen LogP contribution in [0.5, 0.6) is 5.75 Å². The summed E-state index contributed by atoms with van der Waals surface area (Å²) in [6, 6.07) is 5.01. The molecular formula is C21H34N4O2. The number of hydrogen-bond acceptors (Lipinski definition) is 6. The smallest absolute Gasteiger partial charge is 0.145 e. The molecular weight excluding hydrogens is 340 g/mol. The van der Waals surface area contributed by atoms with Gasteiger partial charge in [-0.15, -0.1) is 0 Å². The summed E-state index contributed by atoms with van der Waals surface area (Å²) in [6.45, 7) is 10.6. The Labute approximate surface area is 163 Å². The number of nitrogens with zero attached hydrogens (tertiary/aromatic N) is 3. The van der Waals surface area contributed by atoms with Crippen molar-refractivity contribution in [3.05, 3.63) is 17.7 Å². The number of hydrogen-bond donors (Lipinski definition) is 1. The molecule has 3 aliphatic rings. The van der Waals surface area contributed by atoms with E-state index in [1.54, 1.807) is 0 Å². The minimum Gasteiger partial charge on any atom is -0.483 e. The molecule has 0 spiro atoms. The molecule has 3 fully saturated rings. The van der Waals surface area contributed by atoms with E-state index in [0.717, 1.165) is 37.0 Å². The van der Waals surface area contributed by atoms with Crippen LogP contribution in [0.15, 0.2) is 12.1 Å². The molecule has 6 heteroatoms. The summed E-state index contributed by atoms with van der Waals surface area (Å²) in [5, 5.41) is 0. The molecule has 0 bridgehead atoms. The highest BCUT2D eigenvalue weighted by Gasteiger charge is 2.28. The van der Waals surface area contributed by atoms with E-state index in [4.69, 9.17) is 15.2 Å². The summed E-state index contributed by atoms with van der Waals surface area (Å²) >= 11 is 0. The van der Waals surface area contributed by atoms with Gasteiger partial charge in [-0.05, 0) is 37.9 Å². The van der Waals surface area contributed by atoms with Gasteiger partial charge in [-0.3, -0.25) is 4.90 Å². The fraction of sp³-hybridized carbons (Fsp3) is 0.714. The van der Waals surface area contributed by atoms with Crippen molar-refractivity contribution in [3.8, 4) is 5.75 Å². The Hall–Kier alpha value is -1.50. The van der Waals surface area contributed by atoms with Crippen LogP contribution in [0.3, 0.4) is 0 Å². The Morgan fingerprint density at radius 1 is 1.07 bits per heavy atom. The standard InChI is InChI=1S/C21H34N4O2/c1-3-16-12-19(22)21(27-18-14-26-15-18)13-20(16)25-6-4-17(5-7-25)24-10-8-23(2)9-11-24/h12-13,17-18H,3-11,14-15,22H2,1-2H3. The van der Waals surface area contributed by atoms with Gasteiger partial charge in [-0.2, -0.15) is 0 Å². The molecule has 0 atom stereocenters. The van der Waals surface area contributed by atoms with Gasteiger partial charge in [-0.1, -0.05) is 6.92 Å². The third kappa shape index (κ3) is 4.18. The topological polar surface area (TPSA) is 54.2 Å². The molecule has 150 valence electrons. The highest BCUT2D eigenvalue weighted by Crippen LogP contribution is 2.35. The van der Waals surface area contributed by atoms with E-state index in [9.17, 15) is 0 Å². The molecule has 0 saturated carbocycles. The summed E-state index contributed by atoms with van der Waals surface area (Å²) in [4.78, 5) is 7.67. The van der Waals surface area contributed by atoms with Crippen LogP contribution < -0.4 is 15.4 Å². The zero-order valence-corrected chi connectivity index (χ0v) is 16.8. The van der Waals surface area contributed by atoms with Crippen LogP contribution in [0.25, 0.3) is 0 Å². The van der Waals surface area contributed by atoms with E-state index in [2.05, 4.69) is 40.8 Å². The lowest BCUT2D eigenvalue weighted by Gasteiger charge is -2.43. The zero-order chi connectivity index (χ0) is 18.8. The van der Waals surface area contributed by atoms with Crippen LogP contribution in [0.4, 0.5) is 11.4 Å². The van der Waals surface area contributed by atoms with Crippen LogP contribution in [-0.2, 0) is 11.2 Å². The average Bonchev–Trinajstić information content (AvgIpc) is 2.66. The Kier molecular flexibility index (Phi) is 5.76. The highest BCUT2D eigenvalue weighted by molar-refractivity contribution is 5.67. The second-order valence-corrected chi connectivity index (χ2v) is 8.21. The fourth-order valence-corrected chi connectivity index (χ4v) is 4.43. The first-order chi connectivity index (χ1) is 13.1. The molecule has 0 radical (unpaired) electrons. The minimum absolute atomic E-state index is 0.149. The van der Waals surface area contributed by atoms with Crippen LogP contribution in [0.1, 0.15) is 25.3 Å². The van der Waals surface area contributed by atoms with E-state index < -0.39 is 0 Å². The molecule has 27 heavy (non-hydrogen) atoms. The number of nitrogens with two attached hydrogens (primary N) is 1. The molecule has 3 saturated heterocycles. The van der Waals surface area contributed by atoms with E-state index in [-0.39, 0.29) is 6.10 Å². The molecule has 3 heterocycles. The van der Waals surface area contributed by atoms with Gasteiger partial charge in [0.15, 0.2) is 0 Å². The first-order valence-electron chi connectivity index (χ1n) is 10.5. The first-order valence-corrected chi connectivity index (χ1v) is 10.5. The predicted octanol–water partition coefficient (Wildman–Crippen LogP) is 1.83. The van der Waals surface area contributed by atoms with Crippen molar-refractivity contribution in [3.63, 3.8) is 0 Å². The van der Waals surface area contributed by atoms with Crippen molar-refractivity contribution in [2.75, 3.05) is 70.2 Å². The van der Waals surface area contributed by atoms with Gasteiger partial charge in [0.05, 0.1) is 18.9 Å². The molecule has 4 rings (SSSR count). The molecule has 0 amide bonds. The number of ether oxygens (including phenoxy) is 2. The third-order valence-corrected chi connectivity index (χ3v) is 6.35. The lowest BCUT2D eigenvalue weighted by Crippen LogP contribution is -2.52. The Bertz CT molecular complexity index is 633. The van der Waals surface area contributed by atoms with Crippen molar-refractivity contribution in [2.45, 2.75) is 38.3 Å². The summed E-state index contributed by atoms with van der Waals surface area (Å²) in [5.41, 5.74) is 9.63. The fourth-order valence-electron chi connectivity index (χ4n) is 4.43. The van der Waals surface area contributed by atoms with Gasteiger partial charge in [0.25, 0.3) is 0 Å². The van der Waals surface area contributed by atoms with Crippen LogP contribution in [-0.4, -0.2) is 81.5 Å². The number of nitrogen functional groups attached to an aromatic ring is 1. The molecule has 1 aromatic rings. The quantitative estimate of drug-likeness (QED) is 0.794. The molecule has 0 unspecified atom stereocenters. The zero-order valence-electron chi connectivity index (χ0n) is 16.8. The second-order valence-electron chi connectivity index (χ2n) is 8.21. The predicted molar refractivity (Wildman–Crippen MR) is 110 cm³/mol. The van der Waals surface area contributed by atoms with Crippen molar-refractivity contribution in [1.82, 2.24) is 9.80 Å². The number of anilines is 2. The monoisotopic (exact) mass is 374 g/mol. The van der Waals surface area contributed by atoms with Crippen molar-refractivity contribution < 1.29 is 9.47 Å². The molecule has 2 N–H and O–H groups in total. The number of rotatable bonds is 5. The Balaban J connectivity index is 1.42. The number of piperidine rings is 1. The highest BCUT2D eigenvalue weighted by atomic mass is 16.6. The molecule has 1 aromatic carbocycles. The Morgan fingerprint density at radius 2 is 1.78 bits per heavy atom. The van der Waals surface area contributed by atoms with Gasteiger partial charge in [0.1, 0.15) is 11.9 Å². The van der Waals surface area contributed by atoms with Crippen LogP contribution in [0.2, 0.25) is 0 Å². The van der Waals surface area contributed by atoms with Crippen molar-refractivity contribution in [2.24, 2.45) is 0 Å². The van der Waals surface area contributed by atoms with Crippen molar-refractivity contribution in [1.29, 1.82) is 0 Å². The lowest BCUT2D eigenvalue weighted by molar-refractivity contribution is -0.0793. The number of aryl methyl sites for hydroxylation is 1. The van der Waals surface area contributed by atoms with Crippen LogP contribution >= 0.6 is 0 Å². The van der Waals surface area contributed by atoms with Gasteiger partial charge >= 0.3 is 0 Å². The summed E-state index contributed by atoms with van der Waals surface area (Å²) in [6.07, 6.45) is 3.62. The number of benzene rings is 1. The van der Waals surface area contributed by atoms with E-state index in [1.165, 1.54) is 50.3 Å². The van der Waals surface area contributed by atoms with E-state index >= 15 is 0 Å². The second kappa shape index (κ2) is 8.25. The summed E-state index contributed by atoms with van der Waals surface area (Å²) in [5.74, 6) is 0.816. The molecule has 3 aliphatic heterocycles. The van der Waals surface area contributed by atoms with E-state index in [0.29, 0.717) is 13.2 Å². The normalized spacial score (nSPS) is 23.4. The minimum atomic E-state index is 0.149. The van der Waals surface area contributed by atoms with E-state index in [1.807, 2.05) is 0 Å². The van der Waals surface area contributed by atoms with Gasteiger partial charge in [0.2, 0.25) is 0 Å². The van der Waals surface area contributed by atoms with Gasteiger partial charge in [0, 0.05) is 57.1 Å². The van der Waals surface area contributed by atoms with Crippen molar-refractivity contribution >= 4 is 11.4 Å². The first kappa shape index (κ1) is 18.8. The maximum atomic E-state index is 6.26. The Morgan fingerprint density at radius 3 is 2.37 bits per heavy atom. The summed E-state index contributed by atoms with van der Waals surface area (Å²) in [7, 11) is 2.22. The van der Waals surface area contributed by atoms with Gasteiger partial charge < -0.3 is 25.0 Å².